The van der Waals surface area contributed by atoms with Gasteiger partial charge in [0.15, 0.2) is 0 Å². The molecule has 0 aliphatic carbocycles. The van der Waals surface area contributed by atoms with Crippen molar-refractivity contribution in [3.05, 3.63) is 54.1 Å². The summed E-state index contributed by atoms with van der Waals surface area (Å²) in [6, 6.07) is 7.41. The number of pyridine rings is 1. The van der Waals surface area contributed by atoms with Crippen LogP contribution in [-0.2, 0) is 16.1 Å². The Morgan fingerprint density at radius 1 is 1.19 bits per heavy atom. The smallest absolute Gasteiger partial charge is 0.244 e. The van der Waals surface area contributed by atoms with Gasteiger partial charge in [-0.1, -0.05) is 6.07 Å². The van der Waals surface area contributed by atoms with E-state index in [-0.39, 0.29) is 24.8 Å². The zero-order valence-electron chi connectivity index (χ0n) is 15.8. The highest BCUT2D eigenvalue weighted by molar-refractivity contribution is 5.91. The van der Waals surface area contributed by atoms with Crippen LogP contribution in [0.3, 0.4) is 0 Å². The van der Waals surface area contributed by atoms with E-state index in [0.29, 0.717) is 12.3 Å². The molecule has 2 heterocycles. The Morgan fingerprint density at radius 2 is 2.00 bits per heavy atom. The van der Waals surface area contributed by atoms with Gasteiger partial charge < -0.3 is 20.0 Å². The molecule has 0 fully saturated rings. The summed E-state index contributed by atoms with van der Waals surface area (Å²) >= 11 is 0. The first-order chi connectivity index (χ1) is 13.1. The highest BCUT2D eigenvalue weighted by atomic mass is 16.3. The number of nitrogens with zero attached hydrogens (tertiary/aromatic N) is 2. The van der Waals surface area contributed by atoms with Crippen molar-refractivity contribution in [2.24, 2.45) is 0 Å². The lowest BCUT2D eigenvalue weighted by Gasteiger charge is -2.19. The van der Waals surface area contributed by atoms with Gasteiger partial charge in [0.25, 0.3) is 0 Å². The van der Waals surface area contributed by atoms with Gasteiger partial charge in [0.05, 0.1) is 6.26 Å². The van der Waals surface area contributed by atoms with Crippen LogP contribution in [0.1, 0.15) is 31.6 Å². The molecule has 7 heteroatoms. The molecule has 0 saturated heterocycles. The second kappa shape index (κ2) is 10.8. The Kier molecular flexibility index (Phi) is 8.09. The standard InChI is InChI=1S/C20H26N4O3/c1-3-24(4-2)18-9-7-16(14-22-18)15-23-20(26)11-12-21-19(25)10-8-17-6-5-13-27-17/h5-10,13-14H,3-4,11-12,15H2,1-2H3,(H,21,25)(H,23,26)/b10-8+. The van der Waals surface area contributed by atoms with Crippen molar-refractivity contribution in [3.63, 3.8) is 0 Å². The maximum atomic E-state index is 11.9. The van der Waals surface area contributed by atoms with Crippen LogP contribution in [-0.4, -0.2) is 36.4 Å². The Hall–Kier alpha value is -3.09. The number of amides is 2. The summed E-state index contributed by atoms with van der Waals surface area (Å²) in [5.41, 5.74) is 0.935. The molecule has 0 aromatic carbocycles. The Bertz CT molecular complexity index is 735. The summed E-state index contributed by atoms with van der Waals surface area (Å²) in [6.07, 6.45) is 6.47. The number of carbonyl (C=O) groups excluding carboxylic acids is 2. The highest BCUT2D eigenvalue weighted by Gasteiger charge is 2.05. The van der Waals surface area contributed by atoms with Crippen LogP contribution in [0.5, 0.6) is 0 Å². The third kappa shape index (κ3) is 6.97. The monoisotopic (exact) mass is 370 g/mol. The minimum Gasteiger partial charge on any atom is -0.465 e. The number of hydrogen-bond donors (Lipinski definition) is 2. The molecule has 0 aliphatic heterocycles. The van der Waals surface area contributed by atoms with Gasteiger partial charge >= 0.3 is 0 Å². The van der Waals surface area contributed by atoms with Gasteiger partial charge in [-0.2, -0.15) is 0 Å². The van der Waals surface area contributed by atoms with Crippen molar-refractivity contribution in [1.29, 1.82) is 0 Å². The largest absolute Gasteiger partial charge is 0.465 e. The minimum absolute atomic E-state index is 0.127. The average Bonchev–Trinajstić information content (AvgIpc) is 3.20. The predicted molar refractivity (Wildman–Crippen MR) is 105 cm³/mol. The van der Waals surface area contributed by atoms with Crippen LogP contribution in [0.15, 0.2) is 47.2 Å². The second-order valence-corrected chi connectivity index (χ2v) is 5.86. The van der Waals surface area contributed by atoms with Crippen molar-refractivity contribution in [1.82, 2.24) is 15.6 Å². The van der Waals surface area contributed by atoms with Crippen molar-refractivity contribution >= 4 is 23.7 Å². The first-order valence-electron chi connectivity index (χ1n) is 9.08. The molecule has 2 rings (SSSR count). The molecule has 0 spiro atoms. The minimum atomic E-state index is -0.268. The molecule has 0 radical (unpaired) electrons. The normalized spacial score (nSPS) is 10.7. The molecule has 0 saturated carbocycles. The van der Waals surface area contributed by atoms with E-state index in [1.165, 1.54) is 12.3 Å². The summed E-state index contributed by atoms with van der Waals surface area (Å²) in [5.74, 6) is 1.14. The van der Waals surface area contributed by atoms with E-state index in [4.69, 9.17) is 4.42 Å². The van der Waals surface area contributed by atoms with E-state index in [1.54, 1.807) is 24.4 Å². The maximum Gasteiger partial charge on any atom is 0.244 e. The van der Waals surface area contributed by atoms with E-state index in [2.05, 4.69) is 34.4 Å². The molecule has 0 aliphatic rings. The lowest BCUT2D eigenvalue weighted by atomic mass is 10.2. The summed E-state index contributed by atoms with van der Waals surface area (Å²) in [6.45, 7) is 6.67. The topological polar surface area (TPSA) is 87.5 Å². The van der Waals surface area contributed by atoms with Crippen LogP contribution in [0.2, 0.25) is 0 Å². The first kappa shape index (κ1) is 20.2. The van der Waals surface area contributed by atoms with Crippen LogP contribution in [0.4, 0.5) is 5.82 Å². The number of carbonyl (C=O) groups is 2. The third-order valence-corrected chi connectivity index (χ3v) is 3.98. The summed E-state index contributed by atoms with van der Waals surface area (Å²) in [5, 5.41) is 5.49. The van der Waals surface area contributed by atoms with Crippen molar-refractivity contribution < 1.29 is 14.0 Å². The van der Waals surface area contributed by atoms with Gasteiger partial charge in [0.1, 0.15) is 11.6 Å². The van der Waals surface area contributed by atoms with E-state index in [1.807, 2.05) is 12.1 Å². The van der Waals surface area contributed by atoms with Gasteiger partial charge in [0.2, 0.25) is 11.8 Å². The van der Waals surface area contributed by atoms with Crippen molar-refractivity contribution in [3.8, 4) is 0 Å². The fraction of sp³-hybridized carbons (Fsp3) is 0.350. The molecule has 0 bridgehead atoms. The van der Waals surface area contributed by atoms with E-state index in [9.17, 15) is 9.59 Å². The van der Waals surface area contributed by atoms with E-state index < -0.39 is 0 Å². The van der Waals surface area contributed by atoms with E-state index in [0.717, 1.165) is 24.5 Å². The van der Waals surface area contributed by atoms with Gasteiger partial charge in [0, 0.05) is 44.9 Å². The Balaban J connectivity index is 1.66. The summed E-state index contributed by atoms with van der Waals surface area (Å²) in [7, 11) is 0. The zero-order valence-corrected chi connectivity index (χ0v) is 15.8. The van der Waals surface area contributed by atoms with Crippen molar-refractivity contribution in [2.75, 3.05) is 24.5 Å². The lowest BCUT2D eigenvalue weighted by Crippen LogP contribution is -2.29. The molecule has 2 amide bonds. The summed E-state index contributed by atoms with van der Waals surface area (Å²) < 4.78 is 5.09. The van der Waals surface area contributed by atoms with Crippen LogP contribution in [0.25, 0.3) is 6.08 Å². The molecule has 2 aromatic rings. The molecular weight excluding hydrogens is 344 g/mol. The number of nitrogens with one attached hydrogen (secondary N) is 2. The Labute approximate surface area is 159 Å². The van der Waals surface area contributed by atoms with Crippen LogP contribution in [0, 0.1) is 0 Å². The third-order valence-electron chi connectivity index (χ3n) is 3.98. The fourth-order valence-corrected chi connectivity index (χ4v) is 2.45. The SMILES string of the molecule is CCN(CC)c1ccc(CNC(=O)CCNC(=O)/C=C/c2ccco2)cn1. The summed E-state index contributed by atoms with van der Waals surface area (Å²) in [4.78, 5) is 30.1. The molecule has 0 atom stereocenters. The van der Waals surface area contributed by atoms with Gasteiger partial charge in [-0.3, -0.25) is 9.59 Å². The number of aromatic nitrogens is 1. The quantitative estimate of drug-likeness (QED) is 0.627. The number of anilines is 1. The first-order valence-corrected chi connectivity index (χ1v) is 9.08. The number of rotatable bonds is 10. The van der Waals surface area contributed by atoms with E-state index >= 15 is 0 Å². The van der Waals surface area contributed by atoms with Gasteiger partial charge in [-0.15, -0.1) is 0 Å². The molecule has 2 N–H and O–H groups in total. The van der Waals surface area contributed by atoms with Crippen LogP contribution < -0.4 is 15.5 Å². The molecule has 144 valence electrons. The maximum absolute atomic E-state index is 11.9. The fourth-order valence-electron chi connectivity index (χ4n) is 2.45. The number of furan rings is 1. The molecule has 2 aromatic heterocycles. The van der Waals surface area contributed by atoms with Crippen LogP contribution >= 0.6 is 0 Å². The number of hydrogen-bond acceptors (Lipinski definition) is 5. The zero-order chi connectivity index (χ0) is 19.5. The average molecular weight is 370 g/mol. The highest BCUT2D eigenvalue weighted by Crippen LogP contribution is 2.10. The van der Waals surface area contributed by atoms with Crippen molar-refractivity contribution in [2.45, 2.75) is 26.8 Å². The second-order valence-electron chi connectivity index (χ2n) is 5.86. The Morgan fingerprint density at radius 3 is 2.63 bits per heavy atom. The molecule has 7 nitrogen and oxygen atoms in total. The molecule has 27 heavy (non-hydrogen) atoms. The lowest BCUT2D eigenvalue weighted by molar-refractivity contribution is -0.121. The predicted octanol–water partition coefficient (Wildman–Crippen LogP) is 2.36. The molecular formula is C20H26N4O3. The van der Waals surface area contributed by atoms with Gasteiger partial charge in [-0.05, 0) is 43.7 Å². The van der Waals surface area contributed by atoms with Gasteiger partial charge in [-0.25, -0.2) is 4.98 Å². The molecule has 0 unspecified atom stereocenters.